The van der Waals surface area contributed by atoms with Gasteiger partial charge in [0, 0.05) is 43.8 Å². The fraction of sp³-hybridized carbons (Fsp3) is 0.462. The first-order chi connectivity index (χ1) is 16.2. The molecule has 1 saturated carbocycles. The van der Waals surface area contributed by atoms with Gasteiger partial charge in [-0.15, -0.1) is 0 Å². The van der Waals surface area contributed by atoms with Crippen molar-refractivity contribution in [1.82, 2.24) is 9.55 Å². The van der Waals surface area contributed by atoms with Gasteiger partial charge in [0.2, 0.25) is 0 Å². The van der Waals surface area contributed by atoms with E-state index in [0.717, 1.165) is 28.4 Å². The highest BCUT2D eigenvalue weighted by Crippen LogP contribution is 2.40. The molecule has 0 saturated heterocycles. The normalized spacial score (nSPS) is 13.9. The van der Waals surface area contributed by atoms with E-state index in [1.807, 2.05) is 35.8 Å². The van der Waals surface area contributed by atoms with Gasteiger partial charge in [0.1, 0.15) is 29.3 Å². The first kappa shape index (κ1) is 24.3. The van der Waals surface area contributed by atoms with Crippen LogP contribution in [0.1, 0.15) is 28.9 Å². The molecule has 1 aliphatic rings. The zero-order chi connectivity index (χ0) is 24.5. The molecule has 182 valence electrons. The fourth-order valence-corrected chi connectivity index (χ4v) is 4.77. The van der Waals surface area contributed by atoms with Gasteiger partial charge in [0.05, 0.1) is 19.2 Å². The predicted molar refractivity (Wildman–Crippen MR) is 136 cm³/mol. The molecule has 2 aromatic heterocycles. The van der Waals surface area contributed by atoms with Gasteiger partial charge >= 0.3 is 5.97 Å². The third-order valence-electron chi connectivity index (χ3n) is 6.28. The number of hydrogen-bond acceptors (Lipinski definition) is 5. The zero-order valence-corrected chi connectivity index (χ0v) is 21.7. The van der Waals surface area contributed by atoms with Gasteiger partial charge in [-0.1, -0.05) is 19.6 Å². The summed E-state index contributed by atoms with van der Waals surface area (Å²) >= 11 is 0. The topological polar surface area (TPSA) is 82.8 Å². The molecule has 1 N–H and O–H groups in total. The average Bonchev–Trinajstić information content (AvgIpc) is 3.57. The van der Waals surface area contributed by atoms with Gasteiger partial charge in [-0.25, -0.2) is 4.79 Å². The van der Waals surface area contributed by atoms with Crippen molar-refractivity contribution < 1.29 is 24.1 Å². The lowest BCUT2D eigenvalue weighted by atomic mass is 10.0. The minimum Gasteiger partial charge on any atom is -0.497 e. The summed E-state index contributed by atoms with van der Waals surface area (Å²) in [5.74, 6) is 1.04. The van der Waals surface area contributed by atoms with Crippen molar-refractivity contribution in [3.05, 3.63) is 41.7 Å². The van der Waals surface area contributed by atoms with Gasteiger partial charge in [-0.05, 0) is 49.9 Å². The summed E-state index contributed by atoms with van der Waals surface area (Å²) in [6.07, 6.45) is 4.05. The Morgan fingerprint density at radius 1 is 1.21 bits per heavy atom. The smallest absolute Gasteiger partial charge is 0.339 e. The van der Waals surface area contributed by atoms with E-state index in [9.17, 15) is 9.90 Å². The highest BCUT2D eigenvalue weighted by Gasteiger charge is 2.26. The van der Waals surface area contributed by atoms with E-state index in [-0.39, 0.29) is 12.3 Å². The summed E-state index contributed by atoms with van der Waals surface area (Å²) < 4.78 is 19.6. The van der Waals surface area contributed by atoms with Gasteiger partial charge < -0.3 is 23.9 Å². The van der Waals surface area contributed by atoms with Crippen LogP contribution in [0.3, 0.4) is 0 Å². The molecule has 0 aliphatic heterocycles. The minimum atomic E-state index is -1.24. The van der Waals surface area contributed by atoms with Crippen LogP contribution >= 0.6 is 0 Å². The van der Waals surface area contributed by atoms with E-state index >= 15 is 0 Å². The van der Waals surface area contributed by atoms with Crippen LogP contribution < -0.4 is 9.47 Å². The third-order valence-corrected chi connectivity index (χ3v) is 7.98. The second kappa shape index (κ2) is 9.80. The first-order valence-electron chi connectivity index (χ1n) is 11.8. The number of benzene rings is 1. The molecular weight excluding hydrogens is 448 g/mol. The number of aromatic nitrogens is 2. The average molecular weight is 483 g/mol. The molecule has 0 unspecified atom stereocenters. The zero-order valence-electron chi connectivity index (χ0n) is 20.7. The van der Waals surface area contributed by atoms with E-state index < -0.39 is 14.0 Å². The van der Waals surface area contributed by atoms with Gasteiger partial charge in [0.25, 0.3) is 0 Å². The Morgan fingerprint density at radius 2 is 1.97 bits per heavy atom. The predicted octanol–water partition coefficient (Wildman–Crippen LogP) is 5.82. The third kappa shape index (κ3) is 5.28. The van der Waals surface area contributed by atoms with Gasteiger partial charge in [0.15, 0.2) is 0 Å². The van der Waals surface area contributed by atoms with Crippen LogP contribution in [0, 0.1) is 12.8 Å². The molecule has 34 heavy (non-hydrogen) atoms. The summed E-state index contributed by atoms with van der Waals surface area (Å²) in [7, 11) is 0.397. The maximum atomic E-state index is 12.2. The van der Waals surface area contributed by atoms with Crippen LogP contribution in [0.5, 0.6) is 11.5 Å². The number of pyridine rings is 1. The molecule has 1 aliphatic carbocycles. The van der Waals surface area contributed by atoms with Crippen molar-refractivity contribution in [1.29, 1.82) is 0 Å². The minimum absolute atomic E-state index is 0.208. The molecule has 3 aromatic rings. The number of nitrogens with zero attached hydrogens (tertiary/aromatic N) is 2. The van der Waals surface area contributed by atoms with Crippen molar-refractivity contribution in [2.45, 2.75) is 52.2 Å². The largest absolute Gasteiger partial charge is 0.497 e. The van der Waals surface area contributed by atoms with Crippen LogP contribution in [0.2, 0.25) is 25.7 Å². The lowest BCUT2D eigenvalue weighted by molar-refractivity contribution is 0.0694. The highest BCUT2D eigenvalue weighted by molar-refractivity contribution is 6.76. The number of carboxylic acids is 1. The molecule has 4 rings (SSSR count). The summed E-state index contributed by atoms with van der Waals surface area (Å²) in [5, 5.41) is 9.96. The summed E-state index contributed by atoms with van der Waals surface area (Å²) in [6, 6.07) is 8.72. The second-order valence-corrected chi connectivity index (χ2v) is 15.8. The molecule has 0 radical (unpaired) electrons. The lowest BCUT2D eigenvalue weighted by Crippen LogP contribution is -2.22. The molecule has 0 bridgehead atoms. The molecule has 0 amide bonds. The summed E-state index contributed by atoms with van der Waals surface area (Å²) in [4.78, 5) is 16.6. The van der Waals surface area contributed by atoms with E-state index in [1.165, 1.54) is 12.8 Å². The van der Waals surface area contributed by atoms with Crippen LogP contribution in [0.4, 0.5) is 0 Å². The van der Waals surface area contributed by atoms with Crippen molar-refractivity contribution in [2.24, 2.45) is 5.92 Å². The molecule has 1 fully saturated rings. The number of hydrogen-bond donors (Lipinski definition) is 1. The molecule has 7 nitrogen and oxygen atoms in total. The second-order valence-electron chi connectivity index (χ2n) is 10.2. The number of ether oxygens (including phenoxy) is 3. The van der Waals surface area contributed by atoms with E-state index in [1.54, 1.807) is 13.3 Å². The summed E-state index contributed by atoms with van der Waals surface area (Å²) in [6.45, 7) is 10.3. The monoisotopic (exact) mass is 482 g/mol. The molecule has 1 aromatic carbocycles. The van der Waals surface area contributed by atoms with E-state index in [0.29, 0.717) is 36.1 Å². The van der Waals surface area contributed by atoms with Crippen LogP contribution in [0.25, 0.3) is 22.2 Å². The Bertz CT molecular complexity index is 1190. The van der Waals surface area contributed by atoms with Crippen molar-refractivity contribution in [3.63, 3.8) is 0 Å². The number of aromatic carboxylic acids is 1. The van der Waals surface area contributed by atoms with Gasteiger partial charge in [-0.3, -0.25) is 4.98 Å². The van der Waals surface area contributed by atoms with Crippen LogP contribution in [0.15, 0.2) is 30.5 Å². The van der Waals surface area contributed by atoms with Crippen LogP contribution in [-0.2, 0) is 11.5 Å². The number of carboxylic acid groups (broad SMARTS) is 1. The standard InChI is InChI=1S/C26H34N2O5Si/c1-17-23(26(29)30)24-25(28(17)16-32-12-13-34(3,4)5)21(10-11-27-24)20-9-8-19(31-2)14-22(20)33-15-18-6-7-18/h8-11,14,18H,6-7,12-13,15-16H2,1-5H3,(H,29,30). The maximum Gasteiger partial charge on any atom is 0.339 e. The Hall–Kier alpha value is -2.84. The van der Waals surface area contributed by atoms with E-state index in [4.69, 9.17) is 14.2 Å². The Balaban J connectivity index is 1.80. The van der Waals surface area contributed by atoms with E-state index in [2.05, 4.69) is 24.6 Å². The highest BCUT2D eigenvalue weighted by atomic mass is 28.3. The van der Waals surface area contributed by atoms with Crippen molar-refractivity contribution in [2.75, 3.05) is 20.3 Å². The van der Waals surface area contributed by atoms with Gasteiger partial charge in [-0.2, -0.15) is 0 Å². The quantitative estimate of drug-likeness (QED) is 0.274. The lowest BCUT2D eigenvalue weighted by Gasteiger charge is -2.18. The molecule has 0 spiro atoms. The molecular formula is C26H34N2O5Si. The van der Waals surface area contributed by atoms with Crippen LogP contribution in [-0.4, -0.2) is 49.0 Å². The number of rotatable bonds is 11. The van der Waals surface area contributed by atoms with Crippen molar-refractivity contribution >= 4 is 25.1 Å². The molecule has 8 heteroatoms. The van der Waals surface area contributed by atoms with Crippen molar-refractivity contribution in [3.8, 4) is 22.6 Å². The summed E-state index contributed by atoms with van der Waals surface area (Å²) in [5.41, 5.74) is 3.78. The number of carbonyl (C=O) groups is 1. The Labute approximate surface area is 201 Å². The first-order valence-corrected chi connectivity index (χ1v) is 15.5. The number of fused-ring (bicyclic) bond motifs is 1. The SMILES string of the molecule is COc1ccc(-c2ccnc3c(C(=O)O)c(C)n(COCC[Si](C)(C)C)c23)c(OCC2CC2)c1. The number of methoxy groups -OCH3 is 1. The Morgan fingerprint density at radius 3 is 2.62 bits per heavy atom. The molecule has 0 atom stereocenters. The molecule has 2 heterocycles. The Kier molecular flexibility index (Phi) is 7.00. The fourth-order valence-electron chi connectivity index (χ4n) is 4.02. The maximum absolute atomic E-state index is 12.2.